The summed E-state index contributed by atoms with van der Waals surface area (Å²) in [6.07, 6.45) is 0. The Morgan fingerprint density at radius 3 is 2.74 bits per heavy atom. The summed E-state index contributed by atoms with van der Waals surface area (Å²) in [5.41, 5.74) is 0.922. The summed E-state index contributed by atoms with van der Waals surface area (Å²) in [6.45, 7) is 2.52. The highest BCUT2D eigenvalue weighted by Crippen LogP contribution is 2.35. The number of fused-ring (bicyclic) bond motifs is 1. The van der Waals surface area contributed by atoms with Gasteiger partial charge in [0.1, 0.15) is 16.4 Å². The molecular formula is C18H18ClN3O4S. The Morgan fingerprint density at radius 1 is 1.22 bits per heavy atom. The molecule has 1 aromatic carbocycles. The molecule has 0 spiro atoms. The molecule has 2 heterocycles. The monoisotopic (exact) mass is 407 g/mol. The molecule has 0 saturated carbocycles. The van der Waals surface area contributed by atoms with Gasteiger partial charge in [-0.3, -0.25) is 0 Å². The SMILES string of the molecule is CCOC(=O)c1cc2c(Cl)nnc(NCc3ccc(OC)cc3OC)c2s1. The summed E-state index contributed by atoms with van der Waals surface area (Å²) in [5, 5.41) is 12.2. The third kappa shape index (κ3) is 4.06. The van der Waals surface area contributed by atoms with Crippen LogP contribution in [0.15, 0.2) is 24.3 Å². The smallest absolute Gasteiger partial charge is 0.348 e. The van der Waals surface area contributed by atoms with E-state index in [-0.39, 0.29) is 5.15 Å². The summed E-state index contributed by atoms with van der Waals surface area (Å²) in [7, 11) is 3.20. The molecular weight excluding hydrogens is 390 g/mol. The molecule has 0 aliphatic rings. The van der Waals surface area contributed by atoms with Crippen LogP contribution >= 0.6 is 22.9 Å². The van der Waals surface area contributed by atoms with E-state index in [1.165, 1.54) is 11.3 Å². The van der Waals surface area contributed by atoms with Gasteiger partial charge in [-0.05, 0) is 25.1 Å². The second kappa shape index (κ2) is 8.41. The van der Waals surface area contributed by atoms with Crippen molar-refractivity contribution in [2.24, 2.45) is 0 Å². The number of ether oxygens (including phenoxy) is 3. The number of esters is 1. The minimum absolute atomic E-state index is 0.240. The summed E-state index contributed by atoms with van der Waals surface area (Å²) >= 11 is 7.40. The van der Waals surface area contributed by atoms with Crippen LogP contribution < -0.4 is 14.8 Å². The average Bonchev–Trinajstić information content (AvgIpc) is 3.14. The van der Waals surface area contributed by atoms with Crippen LogP contribution in [0.25, 0.3) is 10.1 Å². The second-order valence-electron chi connectivity index (χ2n) is 5.44. The van der Waals surface area contributed by atoms with Gasteiger partial charge in [-0.2, -0.15) is 0 Å². The fourth-order valence-corrected chi connectivity index (χ4v) is 3.77. The first-order chi connectivity index (χ1) is 13.1. The lowest BCUT2D eigenvalue weighted by Gasteiger charge is -2.12. The largest absolute Gasteiger partial charge is 0.497 e. The van der Waals surface area contributed by atoms with Crippen LogP contribution in [-0.2, 0) is 11.3 Å². The maximum Gasteiger partial charge on any atom is 0.348 e. The molecule has 0 fully saturated rings. The zero-order chi connectivity index (χ0) is 19.4. The van der Waals surface area contributed by atoms with Gasteiger partial charge in [-0.1, -0.05) is 11.6 Å². The Labute approximate surface area is 165 Å². The topological polar surface area (TPSA) is 82.6 Å². The maximum atomic E-state index is 12.0. The number of methoxy groups -OCH3 is 2. The number of halogens is 1. The summed E-state index contributed by atoms with van der Waals surface area (Å²) in [6, 6.07) is 7.24. The first-order valence-corrected chi connectivity index (χ1v) is 9.34. The molecule has 1 N–H and O–H groups in total. The van der Waals surface area contributed by atoms with E-state index in [1.54, 1.807) is 27.2 Å². The van der Waals surface area contributed by atoms with Crippen molar-refractivity contribution in [1.82, 2.24) is 10.2 Å². The van der Waals surface area contributed by atoms with Crippen LogP contribution in [0.4, 0.5) is 5.82 Å². The van der Waals surface area contributed by atoms with E-state index in [0.717, 1.165) is 10.3 Å². The number of aromatic nitrogens is 2. The van der Waals surface area contributed by atoms with Gasteiger partial charge < -0.3 is 19.5 Å². The average molecular weight is 408 g/mol. The van der Waals surface area contributed by atoms with Crippen LogP contribution in [0.5, 0.6) is 11.5 Å². The van der Waals surface area contributed by atoms with Gasteiger partial charge in [-0.15, -0.1) is 21.5 Å². The van der Waals surface area contributed by atoms with Gasteiger partial charge in [-0.25, -0.2) is 4.79 Å². The Hall–Kier alpha value is -2.58. The summed E-state index contributed by atoms with van der Waals surface area (Å²) in [5.74, 6) is 1.55. The Balaban J connectivity index is 1.89. The van der Waals surface area contributed by atoms with Crippen LogP contribution in [0.3, 0.4) is 0 Å². The molecule has 3 aromatic rings. The number of hydrogen-bond acceptors (Lipinski definition) is 8. The quantitative estimate of drug-likeness (QED) is 0.589. The molecule has 7 nitrogen and oxygen atoms in total. The van der Waals surface area contributed by atoms with Crippen molar-refractivity contribution in [2.75, 3.05) is 26.1 Å². The Kier molecular flexibility index (Phi) is 5.98. The summed E-state index contributed by atoms with van der Waals surface area (Å²) < 4.78 is 16.4. The van der Waals surface area contributed by atoms with Gasteiger partial charge in [0.25, 0.3) is 0 Å². The van der Waals surface area contributed by atoms with Crippen molar-refractivity contribution >= 4 is 44.8 Å². The summed E-state index contributed by atoms with van der Waals surface area (Å²) in [4.78, 5) is 12.5. The highest BCUT2D eigenvalue weighted by Gasteiger charge is 2.17. The molecule has 0 bridgehead atoms. The van der Waals surface area contributed by atoms with E-state index in [1.807, 2.05) is 18.2 Å². The number of carbonyl (C=O) groups is 1. The predicted octanol–water partition coefficient (Wildman–Crippen LogP) is 4.15. The molecule has 0 aliphatic heterocycles. The van der Waals surface area contributed by atoms with Crippen LogP contribution in [-0.4, -0.2) is 37.0 Å². The highest BCUT2D eigenvalue weighted by atomic mass is 35.5. The van der Waals surface area contributed by atoms with Crippen LogP contribution in [0.2, 0.25) is 5.15 Å². The normalized spacial score (nSPS) is 10.7. The van der Waals surface area contributed by atoms with E-state index in [0.29, 0.717) is 40.7 Å². The Bertz CT molecular complexity index is 977. The van der Waals surface area contributed by atoms with Crippen molar-refractivity contribution in [3.8, 4) is 11.5 Å². The molecule has 0 radical (unpaired) electrons. The highest BCUT2D eigenvalue weighted by molar-refractivity contribution is 7.21. The van der Waals surface area contributed by atoms with Gasteiger partial charge in [0.15, 0.2) is 11.0 Å². The van der Waals surface area contributed by atoms with Crippen LogP contribution in [0.1, 0.15) is 22.2 Å². The number of nitrogens with zero attached hydrogens (tertiary/aromatic N) is 2. The number of carbonyl (C=O) groups excluding carboxylic acids is 1. The zero-order valence-electron chi connectivity index (χ0n) is 15.0. The molecule has 0 aliphatic carbocycles. The maximum absolute atomic E-state index is 12.0. The van der Waals surface area contributed by atoms with E-state index in [4.69, 9.17) is 25.8 Å². The van der Waals surface area contributed by atoms with Crippen LogP contribution in [0, 0.1) is 0 Å². The van der Waals surface area contributed by atoms with Gasteiger partial charge >= 0.3 is 5.97 Å². The molecule has 0 atom stereocenters. The van der Waals surface area contributed by atoms with Gasteiger partial charge in [0.2, 0.25) is 0 Å². The van der Waals surface area contributed by atoms with Crippen molar-refractivity contribution in [3.05, 3.63) is 39.9 Å². The molecule has 2 aromatic heterocycles. The standard InChI is InChI=1S/C18H18ClN3O4S/c1-4-26-18(23)14-8-12-15(27-14)17(22-21-16(12)19)20-9-10-5-6-11(24-2)7-13(10)25-3/h5-8H,4,9H2,1-3H3,(H,20,22). The Morgan fingerprint density at radius 2 is 2.04 bits per heavy atom. The predicted molar refractivity (Wildman–Crippen MR) is 105 cm³/mol. The van der Waals surface area contributed by atoms with Crippen molar-refractivity contribution < 1.29 is 19.0 Å². The first-order valence-electron chi connectivity index (χ1n) is 8.15. The fourth-order valence-electron chi connectivity index (χ4n) is 2.51. The minimum Gasteiger partial charge on any atom is -0.497 e. The number of anilines is 1. The lowest BCUT2D eigenvalue weighted by atomic mass is 10.2. The number of nitrogens with one attached hydrogen (secondary N) is 1. The minimum atomic E-state index is -0.391. The van der Waals surface area contributed by atoms with Crippen molar-refractivity contribution in [2.45, 2.75) is 13.5 Å². The van der Waals surface area contributed by atoms with Crippen molar-refractivity contribution in [1.29, 1.82) is 0 Å². The van der Waals surface area contributed by atoms with E-state index >= 15 is 0 Å². The molecule has 3 rings (SSSR count). The zero-order valence-corrected chi connectivity index (χ0v) is 16.6. The third-order valence-corrected chi connectivity index (χ3v) is 5.23. The lowest BCUT2D eigenvalue weighted by molar-refractivity contribution is 0.0532. The molecule has 0 unspecified atom stereocenters. The first kappa shape index (κ1) is 19.2. The van der Waals surface area contributed by atoms with E-state index in [2.05, 4.69) is 15.5 Å². The number of hydrogen-bond donors (Lipinski definition) is 1. The molecule has 0 saturated heterocycles. The molecule has 142 valence electrons. The number of rotatable bonds is 7. The fraction of sp³-hybridized carbons (Fsp3) is 0.278. The second-order valence-corrected chi connectivity index (χ2v) is 6.85. The molecule has 27 heavy (non-hydrogen) atoms. The van der Waals surface area contributed by atoms with E-state index in [9.17, 15) is 4.79 Å². The number of thiophene rings is 1. The lowest BCUT2D eigenvalue weighted by Crippen LogP contribution is -2.04. The van der Waals surface area contributed by atoms with E-state index < -0.39 is 5.97 Å². The van der Waals surface area contributed by atoms with Gasteiger partial charge in [0, 0.05) is 23.6 Å². The molecule has 0 amide bonds. The van der Waals surface area contributed by atoms with Crippen molar-refractivity contribution in [3.63, 3.8) is 0 Å². The third-order valence-electron chi connectivity index (χ3n) is 3.82. The van der Waals surface area contributed by atoms with Gasteiger partial charge in [0.05, 0.1) is 25.5 Å². The number of benzene rings is 1. The molecule has 9 heteroatoms.